The van der Waals surface area contributed by atoms with Crippen molar-refractivity contribution in [1.82, 2.24) is 0 Å². The summed E-state index contributed by atoms with van der Waals surface area (Å²) in [7, 11) is 0. The monoisotopic (exact) mass is 433 g/mol. The molecule has 2 nitrogen and oxygen atoms in total. The van der Waals surface area contributed by atoms with Gasteiger partial charge in [-0.1, -0.05) is 101 Å². The van der Waals surface area contributed by atoms with Gasteiger partial charge in [-0.25, -0.2) is 0 Å². The third-order valence-electron chi connectivity index (χ3n) is 6.69. The number of carbonyl (C=O) groups is 1. The van der Waals surface area contributed by atoms with Gasteiger partial charge in [0, 0.05) is 5.57 Å². The van der Waals surface area contributed by atoms with Crippen molar-refractivity contribution in [2.75, 3.05) is 0 Å². The first-order valence-corrected chi connectivity index (χ1v) is 12.6. The first-order chi connectivity index (χ1) is 15.4. The maximum atomic E-state index is 9.82. The smallest absolute Gasteiger partial charge is 0.243 e. The van der Waals surface area contributed by atoms with E-state index in [1.807, 2.05) is 0 Å². The van der Waals surface area contributed by atoms with Gasteiger partial charge in [0.05, 0.1) is 0 Å². The Morgan fingerprint density at radius 2 is 1.41 bits per heavy atom. The van der Waals surface area contributed by atoms with Crippen LogP contribution in [-0.2, 0) is 11.2 Å². The van der Waals surface area contributed by atoms with Crippen LogP contribution in [0.1, 0.15) is 95.6 Å². The lowest BCUT2D eigenvalue weighted by atomic mass is 9.77. The summed E-state index contributed by atoms with van der Waals surface area (Å²) in [6.07, 6.45) is 13.7. The molecule has 1 aliphatic rings. The molecule has 0 saturated heterocycles. The Bertz CT molecular complexity index is 799. The van der Waals surface area contributed by atoms with Gasteiger partial charge in [0.15, 0.2) is 0 Å². The molecule has 0 aromatic heterocycles. The molecule has 2 aromatic carbocycles. The van der Waals surface area contributed by atoms with Crippen molar-refractivity contribution in [3.8, 4) is 11.1 Å². The lowest BCUT2D eigenvalue weighted by Crippen LogP contribution is -2.13. The summed E-state index contributed by atoms with van der Waals surface area (Å²) in [5.74, 6) is 1.35. The van der Waals surface area contributed by atoms with E-state index in [0.29, 0.717) is 5.57 Å². The van der Waals surface area contributed by atoms with Crippen LogP contribution in [0.5, 0.6) is 0 Å². The van der Waals surface area contributed by atoms with Crippen molar-refractivity contribution in [1.29, 1.82) is 0 Å². The molecule has 1 amide bonds. The fourth-order valence-corrected chi connectivity index (χ4v) is 4.57. The van der Waals surface area contributed by atoms with Crippen LogP contribution in [0.15, 0.2) is 60.7 Å². The molecular weight excluding hydrogens is 390 g/mol. The molecule has 3 rings (SSSR count). The summed E-state index contributed by atoms with van der Waals surface area (Å²) >= 11 is 0. The predicted molar refractivity (Wildman–Crippen MR) is 139 cm³/mol. The molecule has 0 radical (unpaired) electrons. The van der Waals surface area contributed by atoms with Gasteiger partial charge in [-0.15, -0.1) is 0 Å². The van der Waals surface area contributed by atoms with Crippen molar-refractivity contribution in [2.45, 2.75) is 90.9 Å². The first kappa shape index (κ1) is 25.9. The van der Waals surface area contributed by atoms with Crippen LogP contribution in [0, 0.1) is 5.92 Å². The number of hydrogen-bond acceptors (Lipinski definition) is 1. The minimum Gasteiger partial charge on any atom is -0.366 e. The van der Waals surface area contributed by atoms with Gasteiger partial charge in [-0.05, 0) is 73.1 Å². The average molecular weight is 434 g/mol. The van der Waals surface area contributed by atoms with E-state index in [4.69, 9.17) is 5.73 Å². The van der Waals surface area contributed by atoms with E-state index >= 15 is 0 Å². The van der Waals surface area contributed by atoms with Gasteiger partial charge in [-0.2, -0.15) is 0 Å². The van der Waals surface area contributed by atoms with Gasteiger partial charge in [0.2, 0.25) is 5.91 Å². The lowest BCUT2D eigenvalue weighted by molar-refractivity contribution is -0.114. The topological polar surface area (TPSA) is 43.1 Å². The number of aryl methyl sites for hydroxylation is 1. The lowest BCUT2D eigenvalue weighted by Gasteiger charge is -2.29. The quantitative estimate of drug-likeness (QED) is 0.314. The molecule has 0 heterocycles. The summed E-state index contributed by atoms with van der Waals surface area (Å²) in [5, 5.41) is 0. The molecule has 2 N–H and O–H groups in total. The zero-order valence-electron chi connectivity index (χ0n) is 20.5. The third-order valence-corrected chi connectivity index (χ3v) is 6.69. The molecule has 1 fully saturated rings. The maximum Gasteiger partial charge on any atom is 0.243 e. The Kier molecular flexibility index (Phi) is 11.3. The molecule has 32 heavy (non-hydrogen) atoms. The average Bonchev–Trinajstić information content (AvgIpc) is 2.81. The molecule has 2 aromatic rings. The van der Waals surface area contributed by atoms with Crippen LogP contribution in [0.25, 0.3) is 11.1 Å². The van der Waals surface area contributed by atoms with Gasteiger partial charge < -0.3 is 5.73 Å². The number of nitrogens with two attached hydrogens (primary N) is 1. The van der Waals surface area contributed by atoms with E-state index in [9.17, 15) is 4.79 Å². The summed E-state index contributed by atoms with van der Waals surface area (Å²) < 4.78 is 0. The van der Waals surface area contributed by atoms with Crippen molar-refractivity contribution < 1.29 is 4.79 Å². The zero-order valence-corrected chi connectivity index (χ0v) is 20.5. The highest BCUT2D eigenvalue weighted by Gasteiger charge is 2.21. The molecule has 1 saturated carbocycles. The Morgan fingerprint density at radius 1 is 0.875 bits per heavy atom. The van der Waals surface area contributed by atoms with Crippen LogP contribution in [-0.4, -0.2) is 5.91 Å². The number of benzene rings is 2. The van der Waals surface area contributed by atoms with Crippen molar-refractivity contribution in [2.24, 2.45) is 11.7 Å². The molecule has 1 aliphatic carbocycles. The maximum absolute atomic E-state index is 9.82. The Labute approximate surface area is 196 Å². The number of primary amides is 1. The Morgan fingerprint density at radius 3 is 1.88 bits per heavy atom. The Balaban J connectivity index is 0.000000534. The number of amides is 1. The van der Waals surface area contributed by atoms with Gasteiger partial charge >= 0.3 is 0 Å². The molecule has 174 valence electrons. The van der Waals surface area contributed by atoms with Crippen molar-refractivity contribution >= 4 is 5.91 Å². The number of carbonyl (C=O) groups excluding carboxylic acids is 1. The van der Waals surface area contributed by atoms with E-state index < -0.39 is 5.91 Å². The molecule has 2 heteroatoms. The summed E-state index contributed by atoms with van der Waals surface area (Å²) in [4.78, 5) is 9.82. The number of unbranched alkanes of at least 4 members (excludes halogenated alkanes) is 2. The van der Waals surface area contributed by atoms with E-state index in [1.165, 1.54) is 80.9 Å². The minimum absolute atomic E-state index is 0.398. The minimum atomic E-state index is -0.435. The van der Waals surface area contributed by atoms with Crippen LogP contribution >= 0.6 is 0 Å². The highest BCUT2D eigenvalue weighted by Crippen LogP contribution is 2.38. The number of hydrogen-bond donors (Lipinski definition) is 1. The van der Waals surface area contributed by atoms with Crippen molar-refractivity contribution in [3.63, 3.8) is 0 Å². The normalized spacial score (nSPS) is 17.8. The number of rotatable bonds is 9. The van der Waals surface area contributed by atoms with Crippen molar-refractivity contribution in [3.05, 3.63) is 71.8 Å². The van der Waals surface area contributed by atoms with E-state index in [1.54, 1.807) is 12.5 Å². The van der Waals surface area contributed by atoms with Gasteiger partial charge in [-0.3, -0.25) is 4.79 Å². The van der Waals surface area contributed by atoms with E-state index in [2.05, 4.69) is 69.0 Å². The second-order valence-corrected chi connectivity index (χ2v) is 9.43. The molecule has 0 aliphatic heterocycles. The SMILES string of the molecule is C=C(C)C(N)=O.CCCCCC1CCC(c2ccc(-c3ccc(CCC)cc3)cc2)CC1. The summed E-state index contributed by atoms with van der Waals surface area (Å²) in [6.45, 7) is 9.40. The standard InChI is InChI=1S/C26H36.C4H7NO/c1-3-5-6-8-22-11-15-24(16-12-22)26-19-17-25(18-20-26)23-13-9-21(7-4-2)10-14-23;1-3(2)4(5)6/h9-10,13-14,17-20,22,24H,3-8,11-12,15-16H2,1-2H3;1H2,2H3,(H2,5,6). The Hall–Kier alpha value is -2.35. The predicted octanol–water partition coefficient (Wildman–Crippen LogP) is 8.21. The molecule has 0 atom stereocenters. The third kappa shape index (κ3) is 8.65. The zero-order chi connectivity index (χ0) is 23.3. The molecule has 0 spiro atoms. The van der Waals surface area contributed by atoms with Gasteiger partial charge in [0.25, 0.3) is 0 Å². The van der Waals surface area contributed by atoms with Crippen LogP contribution in [0.4, 0.5) is 0 Å². The first-order valence-electron chi connectivity index (χ1n) is 12.6. The van der Waals surface area contributed by atoms with E-state index in [-0.39, 0.29) is 0 Å². The van der Waals surface area contributed by atoms with Crippen LogP contribution in [0.2, 0.25) is 0 Å². The summed E-state index contributed by atoms with van der Waals surface area (Å²) in [5.41, 5.74) is 10.8. The molecule has 0 unspecified atom stereocenters. The fourth-order valence-electron chi connectivity index (χ4n) is 4.57. The second-order valence-electron chi connectivity index (χ2n) is 9.43. The van der Waals surface area contributed by atoms with Crippen LogP contribution in [0.3, 0.4) is 0 Å². The van der Waals surface area contributed by atoms with Crippen LogP contribution < -0.4 is 5.73 Å². The highest BCUT2D eigenvalue weighted by atomic mass is 16.1. The molecule has 0 bridgehead atoms. The largest absolute Gasteiger partial charge is 0.366 e. The second kappa shape index (κ2) is 13.9. The highest BCUT2D eigenvalue weighted by molar-refractivity contribution is 5.90. The fraction of sp³-hybridized carbons (Fsp3) is 0.500. The molecular formula is C30H43NO. The van der Waals surface area contributed by atoms with E-state index in [0.717, 1.165) is 11.8 Å². The summed E-state index contributed by atoms with van der Waals surface area (Å²) in [6, 6.07) is 18.6. The van der Waals surface area contributed by atoms with Gasteiger partial charge in [0.1, 0.15) is 0 Å².